The first-order valence-electron chi connectivity index (χ1n) is 10.8. The molecule has 3 aromatic rings. The average Bonchev–Trinajstić information content (AvgIpc) is 3.32. The molecule has 1 aromatic heterocycles. The van der Waals surface area contributed by atoms with Crippen molar-refractivity contribution in [1.82, 2.24) is 5.32 Å². The third kappa shape index (κ3) is 8.71. The molecule has 0 atom stereocenters. The van der Waals surface area contributed by atoms with E-state index in [2.05, 4.69) is 22.0 Å². The highest BCUT2D eigenvalue weighted by atomic mass is 35.5. The van der Waals surface area contributed by atoms with E-state index in [1.54, 1.807) is 59.9 Å². The monoisotopic (exact) mass is 483 g/mol. The molecule has 3 N–H and O–H groups in total. The summed E-state index contributed by atoms with van der Waals surface area (Å²) in [7, 11) is 0. The average molecular weight is 484 g/mol. The van der Waals surface area contributed by atoms with Crippen molar-refractivity contribution in [2.75, 3.05) is 17.2 Å². The van der Waals surface area contributed by atoms with Crippen LogP contribution in [-0.4, -0.2) is 24.3 Å². The summed E-state index contributed by atoms with van der Waals surface area (Å²) in [5.41, 5.74) is 1.72. The standard InChI is InChI=1S/C25H26ClN3O3S/c26-19-11-13-20(14-12-19)28-24(31)10-3-15-27-25(32)18-5-1-6-21(17-18)29-23(30)9-2-7-22-8-4-16-33-22/h1,4-6,8,11-14,16-17H,2-3,7,9-10,15H2,(H,27,32)(H,28,31)(H,29,30). The Hall–Kier alpha value is -3.16. The van der Waals surface area contributed by atoms with Crippen LogP contribution in [0.4, 0.5) is 11.4 Å². The molecule has 0 unspecified atom stereocenters. The number of rotatable bonds is 11. The smallest absolute Gasteiger partial charge is 0.251 e. The van der Waals surface area contributed by atoms with Gasteiger partial charge < -0.3 is 16.0 Å². The van der Waals surface area contributed by atoms with Crippen molar-refractivity contribution < 1.29 is 14.4 Å². The van der Waals surface area contributed by atoms with Crippen molar-refractivity contribution in [3.63, 3.8) is 0 Å². The second-order valence-corrected chi connectivity index (χ2v) is 8.95. The van der Waals surface area contributed by atoms with Gasteiger partial charge in [-0.3, -0.25) is 14.4 Å². The van der Waals surface area contributed by atoms with Crippen LogP contribution in [-0.2, 0) is 16.0 Å². The number of hydrogen-bond donors (Lipinski definition) is 3. The number of anilines is 2. The topological polar surface area (TPSA) is 87.3 Å². The molecule has 33 heavy (non-hydrogen) atoms. The summed E-state index contributed by atoms with van der Waals surface area (Å²) < 4.78 is 0. The van der Waals surface area contributed by atoms with Crippen LogP contribution in [0, 0.1) is 0 Å². The Kier molecular flexibility index (Phi) is 9.47. The number of carbonyl (C=O) groups is 3. The van der Waals surface area contributed by atoms with Gasteiger partial charge >= 0.3 is 0 Å². The Morgan fingerprint density at radius 2 is 1.55 bits per heavy atom. The normalized spacial score (nSPS) is 10.5. The van der Waals surface area contributed by atoms with E-state index >= 15 is 0 Å². The van der Waals surface area contributed by atoms with E-state index in [0.717, 1.165) is 12.8 Å². The third-order valence-electron chi connectivity index (χ3n) is 4.81. The van der Waals surface area contributed by atoms with Gasteiger partial charge in [0.05, 0.1) is 0 Å². The van der Waals surface area contributed by atoms with Crippen molar-refractivity contribution >= 4 is 52.0 Å². The summed E-state index contributed by atoms with van der Waals surface area (Å²) in [6.45, 7) is 0.367. The van der Waals surface area contributed by atoms with E-state index in [9.17, 15) is 14.4 Å². The highest BCUT2D eigenvalue weighted by Crippen LogP contribution is 2.15. The third-order valence-corrected chi connectivity index (χ3v) is 6.00. The first kappa shape index (κ1) is 24.5. The van der Waals surface area contributed by atoms with E-state index in [0.29, 0.717) is 41.3 Å². The first-order valence-corrected chi connectivity index (χ1v) is 12.0. The Balaban J connectivity index is 1.36. The Morgan fingerprint density at radius 1 is 0.818 bits per heavy atom. The highest BCUT2D eigenvalue weighted by molar-refractivity contribution is 7.09. The molecule has 0 aliphatic carbocycles. The predicted molar refractivity (Wildman–Crippen MR) is 134 cm³/mol. The number of amides is 3. The molecule has 0 fully saturated rings. The maximum absolute atomic E-state index is 12.4. The molecule has 0 saturated heterocycles. The zero-order valence-corrected chi connectivity index (χ0v) is 19.7. The van der Waals surface area contributed by atoms with Crippen molar-refractivity contribution in [3.8, 4) is 0 Å². The summed E-state index contributed by atoms with van der Waals surface area (Å²) in [5.74, 6) is -0.451. The lowest BCUT2D eigenvalue weighted by atomic mass is 10.1. The molecule has 0 radical (unpaired) electrons. The second kappa shape index (κ2) is 12.8. The fourth-order valence-corrected chi connectivity index (χ4v) is 4.03. The molecular formula is C25H26ClN3O3S. The fourth-order valence-electron chi connectivity index (χ4n) is 3.15. The maximum Gasteiger partial charge on any atom is 0.251 e. The second-order valence-electron chi connectivity index (χ2n) is 7.48. The number of carbonyl (C=O) groups excluding carboxylic acids is 3. The molecule has 172 valence electrons. The largest absolute Gasteiger partial charge is 0.352 e. The SMILES string of the molecule is O=C(CCCNC(=O)c1cccc(NC(=O)CCCc2cccs2)c1)Nc1ccc(Cl)cc1. The van der Waals surface area contributed by atoms with Gasteiger partial charge in [0, 0.05) is 46.2 Å². The van der Waals surface area contributed by atoms with Gasteiger partial charge in [-0.15, -0.1) is 11.3 Å². The first-order chi connectivity index (χ1) is 16.0. The molecule has 0 aliphatic heterocycles. The van der Waals surface area contributed by atoms with Crippen molar-refractivity contribution in [1.29, 1.82) is 0 Å². The van der Waals surface area contributed by atoms with Gasteiger partial charge in [-0.05, 0) is 73.2 Å². The zero-order valence-electron chi connectivity index (χ0n) is 18.1. The molecule has 1 heterocycles. The van der Waals surface area contributed by atoms with Crippen LogP contribution in [0.5, 0.6) is 0 Å². The summed E-state index contributed by atoms with van der Waals surface area (Å²) in [6, 6.07) is 17.8. The molecule has 8 heteroatoms. The number of thiophene rings is 1. The zero-order chi connectivity index (χ0) is 23.5. The molecule has 3 amide bonds. The Morgan fingerprint density at radius 3 is 2.27 bits per heavy atom. The van der Waals surface area contributed by atoms with Gasteiger partial charge in [0.15, 0.2) is 0 Å². The molecular weight excluding hydrogens is 458 g/mol. The lowest BCUT2D eigenvalue weighted by molar-refractivity contribution is -0.117. The van der Waals surface area contributed by atoms with Crippen LogP contribution < -0.4 is 16.0 Å². The van der Waals surface area contributed by atoms with Crippen LogP contribution in [0.3, 0.4) is 0 Å². The predicted octanol–water partition coefficient (Wildman–Crippen LogP) is 5.51. The van der Waals surface area contributed by atoms with Gasteiger partial charge in [-0.2, -0.15) is 0 Å². The van der Waals surface area contributed by atoms with Gasteiger partial charge in [0.25, 0.3) is 5.91 Å². The molecule has 0 spiro atoms. The van der Waals surface area contributed by atoms with Crippen molar-refractivity contribution in [2.45, 2.75) is 32.1 Å². The van der Waals surface area contributed by atoms with Crippen molar-refractivity contribution in [2.24, 2.45) is 0 Å². The molecule has 0 aliphatic rings. The lowest BCUT2D eigenvalue weighted by Gasteiger charge is -2.09. The summed E-state index contributed by atoms with van der Waals surface area (Å²) in [4.78, 5) is 37.9. The van der Waals surface area contributed by atoms with Crippen LogP contribution in [0.25, 0.3) is 0 Å². The van der Waals surface area contributed by atoms with E-state index in [-0.39, 0.29) is 24.1 Å². The van der Waals surface area contributed by atoms with E-state index in [1.165, 1.54) is 4.88 Å². The van der Waals surface area contributed by atoms with Crippen molar-refractivity contribution in [3.05, 3.63) is 81.5 Å². The van der Waals surface area contributed by atoms with E-state index in [4.69, 9.17) is 11.6 Å². The van der Waals surface area contributed by atoms with E-state index in [1.807, 2.05) is 11.4 Å². The van der Waals surface area contributed by atoms with Crippen LogP contribution >= 0.6 is 22.9 Å². The van der Waals surface area contributed by atoms with Gasteiger partial charge in [-0.25, -0.2) is 0 Å². The molecule has 3 rings (SSSR count). The van der Waals surface area contributed by atoms with Crippen LogP contribution in [0.15, 0.2) is 66.0 Å². The molecule has 2 aromatic carbocycles. The maximum atomic E-state index is 12.4. The lowest BCUT2D eigenvalue weighted by Crippen LogP contribution is -2.25. The minimum Gasteiger partial charge on any atom is -0.352 e. The number of halogens is 1. The minimum atomic E-state index is -0.248. The van der Waals surface area contributed by atoms with Gasteiger partial charge in [0.1, 0.15) is 0 Å². The van der Waals surface area contributed by atoms with Gasteiger partial charge in [-0.1, -0.05) is 23.7 Å². The quantitative estimate of drug-likeness (QED) is 0.314. The number of nitrogens with one attached hydrogen (secondary N) is 3. The number of aryl methyl sites for hydroxylation is 1. The number of benzene rings is 2. The van der Waals surface area contributed by atoms with Crippen LogP contribution in [0.1, 0.15) is 40.9 Å². The number of hydrogen-bond acceptors (Lipinski definition) is 4. The van der Waals surface area contributed by atoms with E-state index < -0.39 is 0 Å². The Labute approximate surface area is 202 Å². The summed E-state index contributed by atoms with van der Waals surface area (Å²) >= 11 is 7.52. The van der Waals surface area contributed by atoms with Crippen LogP contribution in [0.2, 0.25) is 5.02 Å². The fraction of sp³-hybridized carbons (Fsp3) is 0.240. The molecule has 0 bridgehead atoms. The Bertz CT molecular complexity index is 1070. The van der Waals surface area contributed by atoms with Gasteiger partial charge in [0.2, 0.25) is 11.8 Å². The summed E-state index contributed by atoms with van der Waals surface area (Å²) in [6.07, 6.45) is 2.87. The molecule has 6 nitrogen and oxygen atoms in total. The highest BCUT2D eigenvalue weighted by Gasteiger charge is 2.09. The summed E-state index contributed by atoms with van der Waals surface area (Å²) in [5, 5.41) is 11.1. The minimum absolute atomic E-state index is 0.0733. The molecule has 0 saturated carbocycles.